The SMILES string of the molecule is C#COCC=C=c1ccc(Cl)c(C)c1=C. The molecule has 0 bridgehead atoms. The smallest absolute Gasteiger partial charge is 0.126 e. The van der Waals surface area contributed by atoms with Gasteiger partial charge in [0.2, 0.25) is 0 Å². The molecule has 0 amide bonds. The molecule has 2 heteroatoms. The van der Waals surface area contributed by atoms with Crippen LogP contribution in [0, 0.1) is 19.5 Å². The first kappa shape index (κ1) is 11.5. The van der Waals surface area contributed by atoms with Gasteiger partial charge < -0.3 is 4.74 Å². The standard InChI is InChI=1S/C13H11ClO/c1-4-15-9-5-6-12-7-8-13(14)11(3)10(12)2/h1,5,7-8H,2,9H2,3H3. The molecule has 0 spiro atoms. The quantitative estimate of drug-likeness (QED) is 0.541. The van der Waals surface area contributed by atoms with Gasteiger partial charge in [-0.1, -0.05) is 24.6 Å². The highest BCUT2D eigenvalue weighted by Crippen LogP contribution is 2.06. The summed E-state index contributed by atoms with van der Waals surface area (Å²) in [5.74, 6) is 0. The fraction of sp³-hybridized carbons (Fsp3) is 0.154. The van der Waals surface area contributed by atoms with E-state index in [9.17, 15) is 0 Å². The fourth-order valence-electron chi connectivity index (χ4n) is 1.10. The van der Waals surface area contributed by atoms with Gasteiger partial charge >= 0.3 is 0 Å². The van der Waals surface area contributed by atoms with Crippen LogP contribution in [0.25, 0.3) is 12.3 Å². The molecule has 1 aromatic rings. The number of hydrogen-bond donors (Lipinski definition) is 0. The van der Waals surface area contributed by atoms with Crippen LogP contribution in [0.4, 0.5) is 0 Å². The molecule has 0 saturated carbocycles. The summed E-state index contributed by atoms with van der Waals surface area (Å²) in [6, 6.07) is 3.69. The van der Waals surface area contributed by atoms with Gasteiger partial charge in [0, 0.05) is 10.2 Å². The molecule has 0 fully saturated rings. The lowest BCUT2D eigenvalue weighted by atomic mass is 10.1. The van der Waals surface area contributed by atoms with Gasteiger partial charge in [-0.05, 0) is 35.9 Å². The topological polar surface area (TPSA) is 9.23 Å². The van der Waals surface area contributed by atoms with E-state index in [1.807, 2.05) is 19.1 Å². The highest BCUT2D eigenvalue weighted by atomic mass is 35.5. The average Bonchev–Trinajstić information content (AvgIpc) is 2.24. The van der Waals surface area contributed by atoms with Crippen molar-refractivity contribution in [2.75, 3.05) is 6.61 Å². The summed E-state index contributed by atoms with van der Waals surface area (Å²) >= 11 is 5.94. The molecule has 0 unspecified atom stereocenters. The molecule has 0 aliphatic heterocycles. The molecule has 0 radical (unpaired) electrons. The molecular formula is C13H11ClO. The van der Waals surface area contributed by atoms with Gasteiger partial charge in [0.05, 0.1) is 0 Å². The molecule has 1 aromatic carbocycles. The average molecular weight is 219 g/mol. The summed E-state index contributed by atoms with van der Waals surface area (Å²) < 4.78 is 4.71. The Morgan fingerprint density at radius 2 is 2.33 bits per heavy atom. The van der Waals surface area contributed by atoms with E-state index in [0.717, 1.165) is 16.0 Å². The lowest BCUT2D eigenvalue weighted by Gasteiger charge is -1.96. The Labute approximate surface area is 94.3 Å². The molecule has 0 atom stereocenters. The van der Waals surface area contributed by atoms with Gasteiger partial charge in [-0.2, -0.15) is 0 Å². The van der Waals surface area contributed by atoms with Gasteiger partial charge in [-0.25, -0.2) is 0 Å². The highest BCUT2D eigenvalue weighted by molar-refractivity contribution is 6.31. The van der Waals surface area contributed by atoms with E-state index in [1.165, 1.54) is 0 Å². The first-order valence-corrected chi connectivity index (χ1v) is 4.81. The second-order valence-electron chi connectivity index (χ2n) is 2.98. The van der Waals surface area contributed by atoms with Crippen molar-refractivity contribution in [1.29, 1.82) is 0 Å². The highest BCUT2D eigenvalue weighted by Gasteiger charge is 1.94. The minimum atomic E-state index is 0.345. The second-order valence-corrected chi connectivity index (χ2v) is 3.38. The molecule has 0 aliphatic rings. The van der Waals surface area contributed by atoms with Crippen molar-refractivity contribution in [2.45, 2.75) is 6.92 Å². The minimum absolute atomic E-state index is 0.345. The largest absolute Gasteiger partial charge is 0.442 e. The van der Waals surface area contributed by atoms with Crippen LogP contribution in [0.5, 0.6) is 0 Å². The van der Waals surface area contributed by atoms with Gasteiger partial charge in [0.25, 0.3) is 0 Å². The van der Waals surface area contributed by atoms with E-state index < -0.39 is 0 Å². The number of benzene rings is 1. The van der Waals surface area contributed by atoms with Crippen molar-refractivity contribution in [1.82, 2.24) is 0 Å². The lowest BCUT2D eigenvalue weighted by Crippen LogP contribution is -2.24. The fourth-order valence-corrected chi connectivity index (χ4v) is 1.28. The van der Waals surface area contributed by atoms with Crippen LogP contribution in [0.3, 0.4) is 0 Å². The lowest BCUT2D eigenvalue weighted by molar-refractivity contribution is 0.322. The normalized spacial score (nSPS) is 8.87. The van der Waals surface area contributed by atoms with E-state index in [4.69, 9.17) is 22.8 Å². The number of rotatable bonds is 2. The molecule has 0 aromatic heterocycles. The predicted octanol–water partition coefficient (Wildman–Crippen LogP) is 1.60. The Kier molecular flexibility index (Phi) is 4.06. The van der Waals surface area contributed by atoms with Crippen molar-refractivity contribution >= 4 is 23.9 Å². The molecule has 0 heterocycles. The van der Waals surface area contributed by atoms with Gasteiger partial charge in [-0.3, -0.25) is 0 Å². The van der Waals surface area contributed by atoms with Crippen LogP contribution in [-0.2, 0) is 4.74 Å². The Morgan fingerprint density at radius 1 is 1.60 bits per heavy atom. The van der Waals surface area contributed by atoms with Crippen LogP contribution >= 0.6 is 11.6 Å². The maximum Gasteiger partial charge on any atom is 0.126 e. The third kappa shape index (κ3) is 2.92. The second kappa shape index (κ2) is 5.32. The summed E-state index contributed by atoms with van der Waals surface area (Å²) in [4.78, 5) is 0. The van der Waals surface area contributed by atoms with E-state index in [0.29, 0.717) is 11.6 Å². The zero-order valence-corrected chi connectivity index (χ0v) is 9.27. The molecule has 1 rings (SSSR count). The van der Waals surface area contributed by atoms with Crippen molar-refractivity contribution < 1.29 is 4.74 Å². The predicted molar refractivity (Wildman–Crippen MR) is 63.7 cm³/mol. The third-order valence-electron chi connectivity index (χ3n) is 2.04. The molecule has 76 valence electrons. The van der Waals surface area contributed by atoms with Crippen LogP contribution in [0.2, 0.25) is 5.02 Å². The zero-order valence-electron chi connectivity index (χ0n) is 8.51. The van der Waals surface area contributed by atoms with Crippen molar-refractivity contribution in [3.05, 3.63) is 39.2 Å². The Morgan fingerprint density at radius 3 is 3.00 bits per heavy atom. The van der Waals surface area contributed by atoms with Crippen LogP contribution < -0.4 is 10.4 Å². The maximum absolute atomic E-state index is 5.94. The van der Waals surface area contributed by atoms with Gasteiger partial charge in [-0.15, -0.1) is 5.73 Å². The minimum Gasteiger partial charge on any atom is -0.442 e. The summed E-state index contributed by atoms with van der Waals surface area (Å²) in [6.07, 6.45) is 8.73. The van der Waals surface area contributed by atoms with Gasteiger partial charge in [0.15, 0.2) is 0 Å². The maximum atomic E-state index is 5.94. The van der Waals surface area contributed by atoms with Crippen molar-refractivity contribution in [3.8, 4) is 12.5 Å². The summed E-state index contributed by atoms with van der Waals surface area (Å²) in [5.41, 5.74) is 4.01. The molecule has 1 nitrogen and oxygen atoms in total. The first-order valence-electron chi connectivity index (χ1n) is 4.43. The molecule has 0 aliphatic carbocycles. The number of halogens is 1. The Bertz CT molecular complexity index is 531. The van der Waals surface area contributed by atoms with Crippen LogP contribution in [0.1, 0.15) is 5.56 Å². The van der Waals surface area contributed by atoms with Crippen molar-refractivity contribution in [2.24, 2.45) is 0 Å². The summed E-state index contributed by atoms with van der Waals surface area (Å²) in [7, 11) is 0. The molecule has 15 heavy (non-hydrogen) atoms. The number of terminal acetylenes is 1. The van der Waals surface area contributed by atoms with E-state index in [1.54, 1.807) is 6.08 Å². The first-order chi connectivity index (χ1) is 7.16. The van der Waals surface area contributed by atoms with Crippen LogP contribution in [-0.4, -0.2) is 6.61 Å². The van der Waals surface area contributed by atoms with Gasteiger partial charge in [0.1, 0.15) is 12.7 Å². The molecule has 0 saturated heterocycles. The van der Waals surface area contributed by atoms with Crippen molar-refractivity contribution in [3.63, 3.8) is 0 Å². The zero-order chi connectivity index (χ0) is 11.3. The van der Waals surface area contributed by atoms with E-state index in [-0.39, 0.29) is 0 Å². The summed E-state index contributed by atoms with van der Waals surface area (Å²) in [5, 5.41) is 2.49. The Hall–Kier alpha value is -1.61. The molecule has 0 N–H and O–H groups in total. The van der Waals surface area contributed by atoms with Crippen LogP contribution in [0.15, 0.2) is 18.2 Å². The molecular weight excluding hydrogens is 208 g/mol. The van der Waals surface area contributed by atoms with E-state index >= 15 is 0 Å². The summed E-state index contributed by atoms with van der Waals surface area (Å²) in [6.45, 7) is 6.20. The third-order valence-corrected chi connectivity index (χ3v) is 2.45. The Balaban J connectivity index is 3.18. The number of ether oxygens (including phenoxy) is 1. The number of hydrogen-bond acceptors (Lipinski definition) is 1. The van der Waals surface area contributed by atoms with E-state index in [2.05, 4.69) is 18.4 Å². The monoisotopic (exact) mass is 218 g/mol.